The Hall–Kier alpha value is -1.74. The van der Waals surface area contributed by atoms with Crippen LogP contribution in [-0.2, 0) is 4.79 Å². The van der Waals surface area contributed by atoms with Crippen molar-refractivity contribution >= 4 is 11.9 Å². The molecule has 3 amide bonds. The molecule has 23 heavy (non-hydrogen) atoms. The van der Waals surface area contributed by atoms with Crippen LogP contribution < -0.4 is 16.0 Å². The van der Waals surface area contributed by atoms with Crippen molar-refractivity contribution < 1.29 is 9.59 Å². The number of likely N-dealkylation sites (tertiary alicyclic amines) is 1. The fourth-order valence-electron chi connectivity index (χ4n) is 3.30. The van der Waals surface area contributed by atoms with E-state index < -0.39 is 0 Å². The predicted molar refractivity (Wildman–Crippen MR) is 89.8 cm³/mol. The summed E-state index contributed by atoms with van der Waals surface area (Å²) in [5, 5.41) is 8.83. The zero-order chi connectivity index (χ0) is 16.5. The third-order valence-electron chi connectivity index (χ3n) is 4.62. The molecule has 2 aliphatic rings. The normalized spacial score (nSPS) is 20.5. The van der Waals surface area contributed by atoms with Crippen molar-refractivity contribution in [3.8, 4) is 12.3 Å². The van der Waals surface area contributed by atoms with E-state index in [0.29, 0.717) is 12.6 Å². The maximum absolute atomic E-state index is 12.0. The molecule has 0 spiro atoms. The van der Waals surface area contributed by atoms with Crippen molar-refractivity contribution in [2.45, 2.75) is 57.0 Å². The molecule has 2 rings (SSSR count). The van der Waals surface area contributed by atoms with Gasteiger partial charge in [0.1, 0.15) is 0 Å². The predicted octanol–water partition coefficient (Wildman–Crippen LogP) is 0.832. The van der Waals surface area contributed by atoms with Crippen molar-refractivity contribution in [1.29, 1.82) is 0 Å². The van der Waals surface area contributed by atoms with Crippen LogP contribution in [-0.4, -0.2) is 55.1 Å². The average Bonchev–Trinajstić information content (AvgIpc) is 2.55. The third-order valence-corrected chi connectivity index (χ3v) is 4.62. The number of nitrogens with zero attached hydrogens (tertiary/aromatic N) is 1. The molecule has 0 radical (unpaired) electrons. The van der Waals surface area contributed by atoms with E-state index in [4.69, 9.17) is 6.42 Å². The second-order valence-electron chi connectivity index (χ2n) is 6.48. The molecular weight excluding hydrogens is 292 g/mol. The van der Waals surface area contributed by atoms with Gasteiger partial charge in [-0.25, -0.2) is 4.79 Å². The molecule has 0 bridgehead atoms. The standard InChI is InChI=1S/C17H28N4O2/c1-2-10-18-16(22)13-21-11-8-15(9-12-21)20-17(23)19-14-6-4-3-5-7-14/h1,14-15H,3-13H2,(H,18,22)(H2,19,20,23). The van der Waals surface area contributed by atoms with E-state index in [2.05, 4.69) is 26.8 Å². The van der Waals surface area contributed by atoms with E-state index in [-0.39, 0.29) is 24.5 Å². The van der Waals surface area contributed by atoms with Crippen molar-refractivity contribution in [3.05, 3.63) is 0 Å². The lowest BCUT2D eigenvalue weighted by Gasteiger charge is -2.32. The first-order chi connectivity index (χ1) is 11.2. The van der Waals surface area contributed by atoms with Crippen LogP contribution in [0.25, 0.3) is 0 Å². The van der Waals surface area contributed by atoms with E-state index in [9.17, 15) is 9.59 Å². The van der Waals surface area contributed by atoms with Crippen LogP contribution in [0.4, 0.5) is 4.79 Å². The molecule has 1 aliphatic heterocycles. The molecule has 0 aromatic heterocycles. The van der Waals surface area contributed by atoms with E-state index >= 15 is 0 Å². The van der Waals surface area contributed by atoms with E-state index in [1.54, 1.807) is 0 Å². The van der Waals surface area contributed by atoms with E-state index in [1.807, 2.05) is 0 Å². The smallest absolute Gasteiger partial charge is 0.315 e. The highest BCUT2D eigenvalue weighted by atomic mass is 16.2. The summed E-state index contributed by atoms with van der Waals surface area (Å²) >= 11 is 0. The summed E-state index contributed by atoms with van der Waals surface area (Å²) in [6, 6.07) is 0.495. The molecule has 0 aromatic carbocycles. The SMILES string of the molecule is C#CCNC(=O)CN1CCC(NC(=O)NC2CCCCC2)CC1. The summed E-state index contributed by atoms with van der Waals surface area (Å²) in [5.74, 6) is 2.36. The first kappa shape index (κ1) is 17.6. The van der Waals surface area contributed by atoms with Crippen molar-refractivity contribution in [2.75, 3.05) is 26.2 Å². The molecule has 2 fully saturated rings. The maximum Gasteiger partial charge on any atom is 0.315 e. The van der Waals surface area contributed by atoms with Gasteiger partial charge in [0.05, 0.1) is 13.1 Å². The number of nitrogens with one attached hydrogen (secondary N) is 3. The molecule has 3 N–H and O–H groups in total. The Morgan fingerprint density at radius 1 is 1.00 bits per heavy atom. The van der Waals surface area contributed by atoms with Gasteiger partial charge in [-0.3, -0.25) is 9.69 Å². The van der Waals surface area contributed by atoms with Crippen molar-refractivity contribution in [3.63, 3.8) is 0 Å². The molecule has 1 heterocycles. The molecule has 6 nitrogen and oxygen atoms in total. The minimum absolute atomic E-state index is 0.0376. The number of rotatable bonds is 5. The van der Waals surface area contributed by atoms with E-state index in [1.165, 1.54) is 19.3 Å². The Balaban J connectivity index is 1.61. The third kappa shape index (κ3) is 6.49. The number of urea groups is 1. The summed E-state index contributed by atoms with van der Waals surface area (Å²) in [5.41, 5.74) is 0. The molecule has 1 saturated carbocycles. The van der Waals surface area contributed by atoms with Gasteiger partial charge in [0.25, 0.3) is 0 Å². The highest BCUT2D eigenvalue weighted by Crippen LogP contribution is 2.17. The monoisotopic (exact) mass is 320 g/mol. The largest absolute Gasteiger partial charge is 0.344 e. The van der Waals surface area contributed by atoms with Gasteiger partial charge < -0.3 is 16.0 Å². The molecular formula is C17H28N4O2. The van der Waals surface area contributed by atoms with Crippen molar-refractivity contribution in [1.82, 2.24) is 20.9 Å². The lowest BCUT2D eigenvalue weighted by atomic mass is 9.96. The van der Waals surface area contributed by atoms with Gasteiger partial charge in [-0.05, 0) is 25.7 Å². The Morgan fingerprint density at radius 2 is 1.61 bits per heavy atom. The fourth-order valence-corrected chi connectivity index (χ4v) is 3.30. The first-order valence-electron chi connectivity index (χ1n) is 8.67. The topological polar surface area (TPSA) is 73.5 Å². The highest BCUT2D eigenvalue weighted by molar-refractivity contribution is 5.78. The molecule has 1 saturated heterocycles. The summed E-state index contributed by atoms with van der Waals surface area (Å²) in [4.78, 5) is 25.8. The average molecular weight is 320 g/mol. The number of terminal acetylenes is 1. The summed E-state index contributed by atoms with van der Waals surface area (Å²) in [7, 11) is 0. The minimum Gasteiger partial charge on any atom is -0.344 e. The number of hydrogen-bond acceptors (Lipinski definition) is 3. The Bertz CT molecular complexity index is 432. The molecule has 128 valence electrons. The lowest BCUT2D eigenvalue weighted by Crippen LogP contribution is -2.51. The van der Waals surface area contributed by atoms with Crippen LogP contribution in [0.2, 0.25) is 0 Å². The molecule has 0 aromatic rings. The van der Waals surface area contributed by atoms with Gasteiger partial charge in [-0.1, -0.05) is 25.2 Å². The number of piperidine rings is 1. The van der Waals surface area contributed by atoms with Gasteiger partial charge in [0.2, 0.25) is 5.91 Å². The quantitative estimate of drug-likeness (QED) is 0.657. The lowest BCUT2D eigenvalue weighted by molar-refractivity contribution is -0.122. The van der Waals surface area contributed by atoms with E-state index in [0.717, 1.165) is 38.8 Å². The first-order valence-corrected chi connectivity index (χ1v) is 8.67. The number of hydrogen-bond donors (Lipinski definition) is 3. The van der Waals surface area contributed by atoms with Gasteiger partial charge in [-0.15, -0.1) is 6.42 Å². The Kier molecular flexibility index (Phi) is 7.21. The van der Waals surface area contributed by atoms with Crippen LogP contribution in [0.3, 0.4) is 0 Å². The van der Waals surface area contributed by atoms with Crippen LogP contribution in [0, 0.1) is 12.3 Å². The van der Waals surface area contributed by atoms with Crippen LogP contribution >= 0.6 is 0 Å². The molecule has 0 unspecified atom stereocenters. The fraction of sp³-hybridized carbons (Fsp3) is 0.765. The minimum atomic E-state index is -0.0397. The van der Waals surface area contributed by atoms with Crippen molar-refractivity contribution in [2.24, 2.45) is 0 Å². The van der Waals surface area contributed by atoms with Crippen LogP contribution in [0.1, 0.15) is 44.9 Å². The Labute approximate surface area is 138 Å². The zero-order valence-corrected chi connectivity index (χ0v) is 13.8. The Morgan fingerprint density at radius 3 is 2.22 bits per heavy atom. The van der Waals surface area contributed by atoms with Gasteiger partial charge >= 0.3 is 6.03 Å². The van der Waals surface area contributed by atoms with Gasteiger partial charge in [0, 0.05) is 25.2 Å². The van der Waals surface area contributed by atoms with Gasteiger partial charge in [0.15, 0.2) is 0 Å². The van der Waals surface area contributed by atoms with Crippen LogP contribution in [0.5, 0.6) is 0 Å². The maximum atomic E-state index is 12.0. The highest BCUT2D eigenvalue weighted by Gasteiger charge is 2.23. The number of carbonyl (C=O) groups is 2. The summed E-state index contributed by atoms with van der Waals surface area (Å²) in [6.45, 7) is 2.29. The number of carbonyl (C=O) groups excluding carboxylic acids is 2. The second kappa shape index (κ2) is 9.41. The summed E-state index contributed by atoms with van der Waals surface area (Å²) < 4.78 is 0. The van der Waals surface area contributed by atoms with Gasteiger partial charge in [-0.2, -0.15) is 0 Å². The summed E-state index contributed by atoms with van der Waals surface area (Å²) in [6.07, 6.45) is 12.8. The van der Waals surface area contributed by atoms with Crippen LogP contribution in [0.15, 0.2) is 0 Å². The molecule has 1 aliphatic carbocycles. The molecule has 6 heteroatoms. The second-order valence-corrected chi connectivity index (χ2v) is 6.48. The zero-order valence-electron chi connectivity index (χ0n) is 13.8. The molecule has 0 atom stereocenters. The number of amides is 3.